The fraction of sp³-hybridized carbons (Fsp3) is 0.250. The van der Waals surface area contributed by atoms with Gasteiger partial charge in [-0.25, -0.2) is 9.48 Å². The van der Waals surface area contributed by atoms with Crippen LogP contribution in [0.3, 0.4) is 0 Å². The fourth-order valence-corrected chi connectivity index (χ4v) is 1.54. The van der Waals surface area contributed by atoms with Crippen molar-refractivity contribution in [1.29, 1.82) is 0 Å². The summed E-state index contributed by atoms with van der Waals surface area (Å²) in [5, 5.41) is 21.2. The molecule has 0 radical (unpaired) electrons. The lowest BCUT2D eigenvalue weighted by Gasteiger charge is -2.05. The standard InChI is InChI=1S/C12H14N6O3/c19-11(20)8-18-7-10(16-17-18)6-15-12(21)14-5-9-3-1-2-4-13-9/h1-4,7H,5-6,8H2,(H,19,20)(H2,14,15,21). The minimum atomic E-state index is -1.01. The Balaban J connectivity index is 1.73. The van der Waals surface area contributed by atoms with E-state index in [1.807, 2.05) is 6.07 Å². The van der Waals surface area contributed by atoms with E-state index >= 15 is 0 Å². The number of aliphatic carboxylic acids is 1. The van der Waals surface area contributed by atoms with Crippen LogP contribution in [-0.2, 0) is 24.4 Å². The van der Waals surface area contributed by atoms with Gasteiger partial charge in [-0.2, -0.15) is 0 Å². The summed E-state index contributed by atoms with van der Waals surface area (Å²) in [5.74, 6) is -1.01. The molecular weight excluding hydrogens is 276 g/mol. The van der Waals surface area contributed by atoms with Crippen LogP contribution in [0, 0.1) is 0 Å². The second-order valence-corrected chi connectivity index (χ2v) is 4.16. The molecule has 0 fully saturated rings. The molecule has 0 aliphatic rings. The summed E-state index contributed by atoms with van der Waals surface area (Å²) < 4.78 is 1.19. The van der Waals surface area contributed by atoms with E-state index in [0.29, 0.717) is 12.2 Å². The molecule has 2 aromatic heterocycles. The number of hydrogen-bond acceptors (Lipinski definition) is 5. The summed E-state index contributed by atoms with van der Waals surface area (Å²) in [6, 6.07) is 5.07. The van der Waals surface area contributed by atoms with Gasteiger partial charge in [0.15, 0.2) is 0 Å². The Bertz CT molecular complexity index is 612. The second kappa shape index (κ2) is 6.98. The Morgan fingerprint density at radius 3 is 2.62 bits per heavy atom. The summed E-state index contributed by atoms with van der Waals surface area (Å²) >= 11 is 0. The first-order valence-electron chi connectivity index (χ1n) is 6.16. The van der Waals surface area contributed by atoms with Crippen LogP contribution in [0.2, 0.25) is 0 Å². The van der Waals surface area contributed by atoms with E-state index in [4.69, 9.17) is 5.11 Å². The van der Waals surface area contributed by atoms with Gasteiger partial charge in [-0.05, 0) is 12.1 Å². The van der Waals surface area contributed by atoms with Gasteiger partial charge >= 0.3 is 12.0 Å². The van der Waals surface area contributed by atoms with E-state index < -0.39 is 5.97 Å². The molecule has 0 bridgehead atoms. The average Bonchev–Trinajstić information content (AvgIpc) is 2.91. The van der Waals surface area contributed by atoms with Gasteiger partial charge < -0.3 is 15.7 Å². The molecule has 9 heteroatoms. The Labute approximate surface area is 120 Å². The number of pyridine rings is 1. The number of nitrogens with one attached hydrogen (secondary N) is 2. The van der Waals surface area contributed by atoms with Crippen LogP contribution in [0.15, 0.2) is 30.6 Å². The summed E-state index contributed by atoms with van der Waals surface area (Å²) in [6.07, 6.45) is 3.11. The summed E-state index contributed by atoms with van der Waals surface area (Å²) in [4.78, 5) is 26.1. The normalized spacial score (nSPS) is 10.1. The van der Waals surface area contributed by atoms with Crippen LogP contribution >= 0.6 is 0 Å². The van der Waals surface area contributed by atoms with Gasteiger partial charge in [0.1, 0.15) is 12.2 Å². The number of carboxylic acid groups (broad SMARTS) is 1. The summed E-state index contributed by atoms with van der Waals surface area (Å²) in [6.45, 7) is 0.213. The second-order valence-electron chi connectivity index (χ2n) is 4.16. The molecule has 9 nitrogen and oxygen atoms in total. The largest absolute Gasteiger partial charge is 0.480 e. The SMILES string of the molecule is O=C(O)Cn1cc(CNC(=O)NCc2ccccn2)nn1. The van der Waals surface area contributed by atoms with Gasteiger partial charge in [0, 0.05) is 6.20 Å². The van der Waals surface area contributed by atoms with E-state index in [1.165, 1.54) is 10.9 Å². The first kappa shape index (κ1) is 14.4. The van der Waals surface area contributed by atoms with Crippen molar-refractivity contribution in [1.82, 2.24) is 30.6 Å². The molecule has 3 N–H and O–H groups in total. The highest BCUT2D eigenvalue weighted by Gasteiger charge is 2.06. The van der Waals surface area contributed by atoms with Gasteiger partial charge in [-0.1, -0.05) is 11.3 Å². The molecule has 0 atom stereocenters. The number of amides is 2. The number of carbonyl (C=O) groups is 2. The molecule has 0 saturated heterocycles. The molecule has 21 heavy (non-hydrogen) atoms. The lowest BCUT2D eigenvalue weighted by atomic mass is 10.3. The third-order valence-corrected chi connectivity index (χ3v) is 2.47. The maximum atomic E-state index is 11.6. The number of rotatable bonds is 6. The van der Waals surface area contributed by atoms with Gasteiger partial charge in [0.25, 0.3) is 0 Å². The molecule has 0 spiro atoms. The lowest BCUT2D eigenvalue weighted by Crippen LogP contribution is -2.34. The first-order chi connectivity index (χ1) is 10.1. The van der Waals surface area contributed by atoms with Crippen molar-refractivity contribution in [3.8, 4) is 0 Å². The van der Waals surface area contributed by atoms with E-state index in [-0.39, 0.29) is 19.1 Å². The topological polar surface area (TPSA) is 122 Å². The van der Waals surface area contributed by atoms with Crippen molar-refractivity contribution >= 4 is 12.0 Å². The molecular formula is C12H14N6O3. The molecule has 0 unspecified atom stereocenters. The van der Waals surface area contributed by atoms with Crippen molar-refractivity contribution in [2.75, 3.05) is 0 Å². The van der Waals surface area contributed by atoms with Gasteiger partial charge in [-0.15, -0.1) is 5.10 Å². The van der Waals surface area contributed by atoms with Crippen molar-refractivity contribution in [2.24, 2.45) is 0 Å². The monoisotopic (exact) mass is 290 g/mol. The van der Waals surface area contributed by atoms with Crippen LogP contribution in [-0.4, -0.2) is 37.1 Å². The average molecular weight is 290 g/mol. The zero-order chi connectivity index (χ0) is 15.1. The quantitative estimate of drug-likeness (QED) is 0.674. The predicted octanol–water partition coefficient (Wildman–Crippen LogP) is -0.243. The maximum Gasteiger partial charge on any atom is 0.325 e. The van der Waals surface area contributed by atoms with Crippen molar-refractivity contribution < 1.29 is 14.7 Å². The number of aromatic nitrogens is 4. The molecule has 2 aromatic rings. The van der Waals surface area contributed by atoms with E-state index in [1.54, 1.807) is 18.3 Å². The minimum Gasteiger partial charge on any atom is -0.480 e. The van der Waals surface area contributed by atoms with Gasteiger partial charge in [0.2, 0.25) is 0 Å². The first-order valence-corrected chi connectivity index (χ1v) is 6.16. The molecule has 0 saturated carbocycles. The highest BCUT2D eigenvalue weighted by atomic mass is 16.4. The van der Waals surface area contributed by atoms with E-state index in [9.17, 15) is 9.59 Å². The molecule has 2 amide bonds. The lowest BCUT2D eigenvalue weighted by molar-refractivity contribution is -0.137. The zero-order valence-corrected chi connectivity index (χ0v) is 11.1. The molecule has 110 valence electrons. The van der Waals surface area contributed by atoms with E-state index in [2.05, 4.69) is 25.9 Å². The zero-order valence-electron chi connectivity index (χ0n) is 11.1. The molecule has 0 aromatic carbocycles. The molecule has 0 aliphatic carbocycles. The highest BCUT2D eigenvalue weighted by molar-refractivity contribution is 5.73. The molecule has 0 aliphatic heterocycles. The number of nitrogens with zero attached hydrogens (tertiary/aromatic N) is 4. The Morgan fingerprint density at radius 1 is 1.19 bits per heavy atom. The van der Waals surface area contributed by atoms with Crippen molar-refractivity contribution in [3.63, 3.8) is 0 Å². The van der Waals surface area contributed by atoms with Gasteiger partial charge in [0.05, 0.1) is 25.0 Å². The third-order valence-electron chi connectivity index (χ3n) is 2.47. The number of carboxylic acids is 1. The van der Waals surface area contributed by atoms with Crippen molar-refractivity contribution in [2.45, 2.75) is 19.6 Å². The van der Waals surface area contributed by atoms with Gasteiger partial charge in [-0.3, -0.25) is 9.78 Å². The minimum absolute atomic E-state index is 0.160. The van der Waals surface area contributed by atoms with Crippen LogP contribution in [0.1, 0.15) is 11.4 Å². The smallest absolute Gasteiger partial charge is 0.325 e. The number of hydrogen-bond donors (Lipinski definition) is 3. The summed E-state index contributed by atoms with van der Waals surface area (Å²) in [7, 11) is 0. The Morgan fingerprint density at radius 2 is 1.95 bits per heavy atom. The predicted molar refractivity (Wildman–Crippen MR) is 71.0 cm³/mol. The fourth-order valence-electron chi connectivity index (χ4n) is 1.54. The Hall–Kier alpha value is -2.97. The number of carbonyl (C=O) groups excluding carboxylic acids is 1. The third kappa shape index (κ3) is 4.90. The summed E-state index contributed by atoms with van der Waals surface area (Å²) in [5.41, 5.74) is 1.23. The highest BCUT2D eigenvalue weighted by Crippen LogP contribution is 1.94. The molecule has 2 heterocycles. The van der Waals surface area contributed by atoms with Crippen LogP contribution in [0.4, 0.5) is 4.79 Å². The molecule has 2 rings (SSSR count). The number of urea groups is 1. The van der Waals surface area contributed by atoms with Crippen LogP contribution < -0.4 is 10.6 Å². The van der Waals surface area contributed by atoms with E-state index in [0.717, 1.165) is 5.69 Å². The Kier molecular flexibility index (Phi) is 4.80. The van der Waals surface area contributed by atoms with Crippen LogP contribution in [0.5, 0.6) is 0 Å². The maximum absolute atomic E-state index is 11.6. The van der Waals surface area contributed by atoms with Crippen LogP contribution in [0.25, 0.3) is 0 Å². The van der Waals surface area contributed by atoms with Crippen molar-refractivity contribution in [3.05, 3.63) is 42.0 Å².